The van der Waals surface area contributed by atoms with E-state index in [0.717, 1.165) is 18.7 Å². The van der Waals surface area contributed by atoms with Gasteiger partial charge in [0.25, 0.3) is 5.76 Å². The summed E-state index contributed by atoms with van der Waals surface area (Å²) in [5.74, 6) is -1.73. The first-order valence-corrected chi connectivity index (χ1v) is 6.28. The third-order valence-corrected chi connectivity index (χ3v) is 3.15. The minimum Gasteiger partial charge on any atom is -0.385 e. The van der Waals surface area contributed by atoms with Crippen LogP contribution in [0.3, 0.4) is 0 Å². The molecular weight excluding hydrogens is 228 g/mol. The molecule has 0 amide bonds. The maximum Gasteiger partial charge on any atom is 0.288 e. The Kier molecular flexibility index (Phi) is 5.60. The molecule has 1 N–H and O–H groups in total. The van der Waals surface area contributed by atoms with Gasteiger partial charge in [-0.2, -0.15) is 8.78 Å². The molecule has 90 valence electrons. The van der Waals surface area contributed by atoms with E-state index in [9.17, 15) is 8.78 Å². The molecule has 0 heterocycles. The van der Waals surface area contributed by atoms with E-state index < -0.39 is 5.76 Å². The topological polar surface area (TPSA) is 12.0 Å². The van der Waals surface area contributed by atoms with Crippen molar-refractivity contribution in [2.24, 2.45) is 5.92 Å². The van der Waals surface area contributed by atoms with E-state index in [1.807, 2.05) is 12.1 Å². The van der Waals surface area contributed by atoms with E-state index in [1.54, 1.807) is 12.1 Å². The van der Waals surface area contributed by atoms with Crippen molar-refractivity contribution >= 4 is 17.4 Å². The predicted octanol–water partition coefficient (Wildman–Crippen LogP) is 4.46. The molecule has 1 nitrogen and oxygen atoms in total. The standard InChI is InChI=1S/C12H17F2NS/c1-3-9(2)8-15-10-4-6-11(7-5-10)16-12(13)14/h4-7,9,12,15H,3,8H2,1-2H3. The van der Waals surface area contributed by atoms with Gasteiger partial charge >= 0.3 is 0 Å². The van der Waals surface area contributed by atoms with Gasteiger partial charge < -0.3 is 5.32 Å². The zero-order valence-corrected chi connectivity index (χ0v) is 10.4. The minimum atomic E-state index is -2.35. The van der Waals surface area contributed by atoms with Gasteiger partial charge in [0, 0.05) is 17.1 Å². The van der Waals surface area contributed by atoms with Crippen LogP contribution in [0.15, 0.2) is 29.2 Å². The van der Waals surface area contributed by atoms with Crippen LogP contribution in [-0.4, -0.2) is 12.3 Å². The van der Waals surface area contributed by atoms with E-state index in [1.165, 1.54) is 0 Å². The molecule has 0 aliphatic rings. The van der Waals surface area contributed by atoms with Crippen molar-refractivity contribution in [3.63, 3.8) is 0 Å². The number of hydrogen-bond donors (Lipinski definition) is 1. The molecular formula is C12H17F2NS. The Labute approximate surface area is 99.6 Å². The molecule has 1 atom stereocenters. The van der Waals surface area contributed by atoms with Crippen molar-refractivity contribution in [3.05, 3.63) is 24.3 Å². The highest BCUT2D eigenvalue weighted by Crippen LogP contribution is 2.26. The Hall–Kier alpha value is -0.770. The molecule has 4 heteroatoms. The summed E-state index contributed by atoms with van der Waals surface area (Å²) < 4.78 is 24.1. The largest absolute Gasteiger partial charge is 0.385 e. The lowest BCUT2D eigenvalue weighted by molar-refractivity contribution is 0.252. The third-order valence-electron chi connectivity index (χ3n) is 2.43. The Bertz CT molecular complexity index is 300. The summed E-state index contributed by atoms with van der Waals surface area (Å²) >= 11 is 0.575. The van der Waals surface area contributed by atoms with Crippen molar-refractivity contribution in [1.82, 2.24) is 0 Å². The van der Waals surface area contributed by atoms with Crippen molar-refractivity contribution < 1.29 is 8.78 Å². The summed E-state index contributed by atoms with van der Waals surface area (Å²) in [5, 5.41) is 3.28. The van der Waals surface area contributed by atoms with Crippen LogP contribution in [0.1, 0.15) is 20.3 Å². The lowest BCUT2D eigenvalue weighted by Gasteiger charge is -2.11. The summed E-state index contributed by atoms with van der Waals surface area (Å²) in [6, 6.07) is 7.12. The number of benzene rings is 1. The summed E-state index contributed by atoms with van der Waals surface area (Å²) in [7, 11) is 0. The first-order valence-electron chi connectivity index (χ1n) is 5.40. The number of anilines is 1. The van der Waals surface area contributed by atoms with E-state index in [0.29, 0.717) is 22.6 Å². The summed E-state index contributed by atoms with van der Waals surface area (Å²) in [6.45, 7) is 5.24. The molecule has 0 aliphatic carbocycles. The molecule has 0 spiro atoms. The molecule has 0 fully saturated rings. The highest BCUT2D eigenvalue weighted by molar-refractivity contribution is 7.99. The Balaban J connectivity index is 2.45. The lowest BCUT2D eigenvalue weighted by Crippen LogP contribution is -2.09. The molecule has 0 saturated heterocycles. The SMILES string of the molecule is CCC(C)CNc1ccc(SC(F)F)cc1. The van der Waals surface area contributed by atoms with Gasteiger partial charge in [-0.05, 0) is 30.2 Å². The molecule has 0 bridgehead atoms. The second-order valence-corrected chi connectivity index (χ2v) is 4.86. The molecule has 1 rings (SSSR count). The average Bonchev–Trinajstić information content (AvgIpc) is 2.27. The van der Waals surface area contributed by atoms with Crippen LogP contribution >= 0.6 is 11.8 Å². The number of nitrogens with one attached hydrogen (secondary N) is 1. The van der Waals surface area contributed by atoms with Crippen molar-refractivity contribution in [2.75, 3.05) is 11.9 Å². The quantitative estimate of drug-likeness (QED) is 0.743. The van der Waals surface area contributed by atoms with Gasteiger partial charge in [-0.15, -0.1) is 0 Å². The van der Waals surface area contributed by atoms with Crippen LogP contribution in [0.2, 0.25) is 0 Å². The number of thioether (sulfide) groups is 1. The highest BCUT2D eigenvalue weighted by atomic mass is 32.2. The number of rotatable bonds is 6. The molecule has 0 radical (unpaired) electrons. The van der Waals surface area contributed by atoms with E-state index in [2.05, 4.69) is 19.2 Å². The summed E-state index contributed by atoms with van der Waals surface area (Å²) in [4.78, 5) is 0.601. The molecule has 16 heavy (non-hydrogen) atoms. The van der Waals surface area contributed by atoms with E-state index in [4.69, 9.17) is 0 Å². The second-order valence-electron chi connectivity index (χ2n) is 3.80. The number of hydrogen-bond acceptors (Lipinski definition) is 2. The fourth-order valence-corrected chi connectivity index (χ4v) is 1.69. The van der Waals surface area contributed by atoms with Gasteiger partial charge in [-0.3, -0.25) is 0 Å². The first kappa shape index (κ1) is 13.3. The van der Waals surface area contributed by atoms with Crippen molar-refractivity contribution in [1.29, 1.82) is 0 Å². The van der Waals surface area contributed by atoms with Gasteiger partial charge in [-0.1, -0.05) is 32.0 Å². The first-order chi connectivity index (χ1) is 7.61. The lowest BCUT2D eigenvalue weighted by atomic mass is 10.1. The van der Waals surface area contributed by atoms with Crippen LogP contribution in [0.4, 0.5) is 14.5 Å². The highest BCUT2D eigenvalue weighted by Gasteiger charge is 2.04. The van der Waals surface area contributed by atoms with Gasteiger partial charge in [0.05, 0.1) is 0 Å². The van der Waals surface area contributed by atoms with Crippen LogP contribution < -0.4 is 5.32 Å². The number of halogens is 2. The molecule has 0 saturated carbocycles. The molecule has 1 unspecified atom stereocenters. The van der Waals surface area contributed by atoms with Crippen LogP contribution in [0, 0.1) is 5.92 Å². The molecule has 1 aromatic rings. The van der Waals surface area contributed by atoms with Gasteiger partial charge in [0.2, 0.25) is 0 Å². The summed E-state index contributed by atoms with van der Waals surface area (Å²) in [5.41, 5.74) is 0.985. The van der Waals surface area contributed by atoms with Gasteiger partial charge in [-0.25, -0.2) is 0 Å². The Morgan fingerprint density at radius 3 is 2.38 bits per heavy atom. The number of alkyl halides is 2. The van der Waals surface area contributed by atoms with E-state index >= 15 is 0 Å². The van der Waals surface area contributed by atoms with Crippen LogP contribution in [-0.2, 0) is 0 Å². The van der Waals surface area contributed by atoms with Crippen molar-refractivity contribution in [2.45, 2.75) is 30.9 Å². The second kappa shape index (κ2) is 6.74. The zero-order chi connectivity index (χ0) is 12.0. The van der Waals surface area contributed by atoms with Crippen LogP contribution in [0.25, 0.3) is 0 Å². The maximum atomic E-state index is 12.1. The van der Waals surface area contributed by atoms with Gasteiger partial charge in [0.1, 0.15) is 0 Å². The predicted molar refractivity (Wildman–Crippen MR) is 66.2 cm³/mol. The Morgan fingerprint density at radius 1 is 1.25 bits per heavy atom. The molecule has 1 aromatic carbocycles. The fraction of sp³-hybridized carbons (Fsp3) is 0.500. The maximum absolute atomic E-state index is 12.1. The Morgan fingerprint density at radius 2 is 1.88 bits per heavy atom. The molecule has 0 aromatic heterocycles. The minimum absolute atomic E-state index is 0.575. The van der Waals surface area contributed by atoms with Gasteiger partial charge in [0.15, 0.2) is 0 Å². The monoisotopic (exact) mass is 245 g/mol. The molecule has 0 aliphatic heterocycles. The fourth-order valence-electron chi connectivity index (χ4n) is 1.19. The van der Waals surface area contributed by atoms with Crippen molar-refractivity contribution in [3.8, 4) is 0 Å². The smallest absolute Gasteiger partial charge is 0.288 e. The van der Waals surface area contributed by atoms with E-state index in [-0.39, 0.29) is 0 Å². The zero-order valence-electron chi connectivity index (χ0n) is 9.54. The van der Waals surface area contributed by atoms with Crippen LogP contribution in [0.5, 0.6) is 0 Å². The third kappa shape index (κ3) is 4.84. The summed E-state index contributed by atoms with van der Waals surface area (Å²) in [6.07, 6.45) is 1.13. The average molecular weight is 245 g/mol. The normalized spacial score (nSPS) is 12.8.